The van der Waals surface area contributed by atoms with Crippen molar-refractivity contribution < 1.29 is 19.5 Å². The molecule has 0 bridgehead atoms. The van der Waals surface area contributed by atoms with E-state index in [0.717, 1.165) is 10.9 Å². The lowest BCUT2D eigenvalue weighted by Crippen LogP contribution is -2.41. The zero-order valence-electron chi connectivity index (χ0n) is 10.4. The molecule has 98 valence electrons. The maximum atomic E-state index is 11.7. The zero-order chi connectivity index (χ0) is 14.3. The standard InChI is InChI=1S/C16H10O4/c17-8-12-7-11-5-1-3-10-4-2-6-13(14(10)11)16(12,9-18)15(19)20/h1-9H,(H,19,20). The summed E-state index contributed by atoms with van der Waals surface area (Å²) in [6.45, 7) is 0. The van der Waals surface area contributed by atoms with Crippen LogP contribution in [-0.2, 0) is 19.8 Å². The Hall–Kier alpha value is -2.75. The zero-order valence-corrected chi connectivity index (χ0v) is 10.4. The molecule has 0 aromatic heterocycles. The minimum atomic E-state index is -1.92. The van der Waals surface area contributed by atoms with E-state index in [2.05, 4.69) is 0 Å². The van der Waals surface area contributed by atoms with Crippen LogP contribution in [0, 0.1) is 0 Å². The van der Waals surface area contributed by atoms with Crippen molar-refractivity contribution in [2.24, 2.45) is 0 Å². The van der Waals surface area contributed by atoms with Gasteiger partial charge in [0.05, 0.1) is 0 Å². The molecule has 2 aromatic carbocycles. The Morgan fingerprint density at radius 1 is 1.10 bits per heavy atom. The van der Waals surface area contributed by atoms with Crippen LogP contribution in [0.5, 0.6) is 0 Å². The van der Waals surface area contributed by atoms with E-state index in [1.54, 1.807) is 18.2 Å². The van der Waals surface area contributed by atoms with E-state index in [9.17, 15) is 19.5 Å². The van der Waals surface area contributed by atoms with Gasteiger partial charge in [-0.15, -0.1) is 0 Å². The van der Waals surface area contributed by atoms with Gasteiger partial charge in [0.15, 0.2) is 5.41 Å². The summed E-state index contributed by atoms with van der Waals surface area (Å²) < 4.78 is 0. The van der Waals surface area contributed by atoms with Gasteiger partial charge in [-0.05, 0) is 28.0 Å². The Kier molecular flexibility index (Phi) is 2.54. The molecule has 1 aliphatic rings. The molecule has 2 aromatic rings. The summed E-state index contributed by atoms with van der Waals surface area (Å²) in [6, 6.07) is 10.6. The van der Waals surface area contributed by atoms with E-state index in [0.29, 0.717) is 23.5 Å². The minimum Gasteiger partial charge on any atom is -0.480 e. The van der Waals surface area contributed by atoms with Crippen LogP contribution in [-0.4, -0.2) is 23.6 Å². The highest BCUT2D eigenvalue weighted by Gasteiger charge is 2.47. The van der Waals surface area contributed by atoms with Crippen LogP contribution in [0.4, 0.5) is 0 Å². The van der Waals surface area contributed by atoms with E-state index in [1.165, 1.54) is 6.08 Å². The summed E-state index contributed by atoms with van der Waals surface area (Å²) in [5.74, 6) is -1.34. The first-order chi connectivity index (χ1) is 9.65. The monoisotopic (exact) mass is 266 g/mol. The minimum absolute atomic E-state index is 0.0498. The molecular formula is C16H10O4. The summed E-state index contributed by atoms with van der Waals surface area (Å²) in [5.41, 5.74) is -0.877. The number of carboxylic acids is 1. The third-order valence-electron chi connectivity index (χ3n) is 3.77. The maximum Gasteiger partial charge on any atom is 0.326 e. The normalized spacial score (nSPS) is 20.3. The Balaban J connectivity index is 2.54. The average Bonchev–Trinajstić information content (AvgIpc) is 2.47. The van der Waals surface area contributed by atoms with Gasteiger partial charge < -0.3 is 9.90 Å². The van der Waals surface area contributed by atoms with Crippen LogP contribution in [0.15, 0.2) is 42.0 Å². The molecular weight excluding hydrogens is 256 g/mol. The first-order valence-corrected chi connectivity index (χ1v) is 6.04. The summed E-state index contributed by atoms with van der Waals surface area (Å²) in [5, 5.41) is 11.1. The second kappa shape index (κ2) is 4.13. The van der Waals surface area contributed by atoms with Crippen molar-refractivity contribution in [3.8, 4) is 0 Å². The third-order valence-corrected chi connectivity index (χ3v) is 3.77. The van der Waals surface area contributed by atoms with Crippen molar-refractivity contribution in [3.05, 3.63) is 53.1 Å². The van der Waals surface area contributed by atoms with E-state index in [1.807, 2.05) is 18.2 Å². The van der Waals surface area contributed by atoms with Gasteiger partial charge in [0, 0.05) is 5.57 Å². The van der Waals surface area contributed by atoms with E-state index in [4.69, 9.17) is 0 Å². The highest BCUT2D eigenvalue weighted by molar-refractivity contribution is 6.17. The molecule has 1 N–H and O–H groups in total. The molecule has 3 rings (SSSR count). The van der Waals surface area contributed by atoms with Gasteiger partial charge in [-0.25, -0.2) is 0 Å². The third kappa shape index (κ3) is 1.33. The van der Waals surface area contributed by atoms with Crippen molar-refractivity contribution >= 4 is 35.4 Å². The van der Waals surface area contributed by atoms with Crippen LogP contribution in [0.25, 0.3) is 16.8 Å². The van der Waals surface area contributed by atoms with Gasteiger partial charge in [-0.2, -0.15) is 0 Å². The van der Waals surface area contributed by atoms with Crippen molar-refractivity contribution in [2.75, 3.05) is 0 Å². The maximum absolute atomic E-state index is 11.7. The number of aldehydes is 2. The smallest absolute Gasteiger partial charge is 0.326 e. The lowest BCUT2D eigenvalue weighted by molar-refractivity contribution is -0.144. The Bertz CT molecular complexity index is 783. The second-order valence-corrected chi connectivity index (χ2v) is 4.70. The highest BCUT2D eigenvalue weighted by Crippen LogP contribution is 2.41. The highest BCUT2D eigenvalue weighted by atomic mass is 16.4. The molecule has 0 aliphatic heterocycles. The molecule has 0 saturated carbocycles. The van der Waals surface area contributed by atoms with E-state index >= 15 is 0 Å². The van der Waals surface area contributed by atoms with Gasteiger partial charge in [-0.3, -0.25) is 9.59 Å². The van der Waals surface area contributed by atoms with Crippen LogP contribution in [0.3, 0.4) is 0 Å². The molecule has 0 fully saturated rings. The molecule has 0 saturated heterocycles. The average molecular weight is 266 g/mol. The molecule has 0 radical (unpaired) electrons. The summed E-state index contributed by atoms with van der Waals surface area (Å²) in [6.07, 6.45) is 2.25. The number of hydrogen-bond donors (Lipinski definition) is 1. The van der Waals surface area contributed by atoms with Crippen LogP contribution >= 0.6 is 0 Å². The SMILES string of the molecule is O=CC1=Cc2cccc3cccc(c23)C1(C=O)C(=O)O. The molecule has 0 spiro atoms. The van der Waals surface area contributed by atoms with Gasteiger partial charge >= 0.3 is 5.97 Å². The molecule has 20 heavy (non-hydrogen) atoms. The first-order valence-electron chi connectivity index (χ1n) is 6.04. The van der Waals surface area contributed by atoms with Crippen LogP contribution in [0.1, 0.15) is 11.1 Å². The van der Waals surface area contributed by atoms with Crippen molar-refractivity contribution in [2.45, 2.75) is 5.41 Å². The van der Waals surface area contributed by atoms with Gasteiger partial charge in [-0.1, -0.05) is 36.4 Å². The number of hydrogen-bond acceptors (Lipinski definition) is 3. The predicted molar refractivity (Wildman–Crippen MR) is 73.4 cm³/mol. The molecule has 0 heterocycles. The lowest BCUT2D eigenvalue weighted by atomic mass is 9.70. The summed E-state index contributed by atoms with van der Waals surface area (Å²) in [4.78, 5) is 34.5. The lowest BCUT2D eigenvalue weighted by Gasteiger charge is -2.29. The van der Waals surface area contributed by atoms with Gasteiger partial charge in [0.25, 0.3) is 0 Å². The largest absolute Gasteiger partial charge is 0.480 e. The fourth-order valence-corrected chi connectivity index (χ4v) is 2.80. The molecule has 1 unspecified atom stereocenters. The molecule has 0 amide bonds. The van der Waals surface area contributed by atoms with Crippen molar-refractivity contribution in [3.63, 3.8) is 0 Å². The van der Waals surface area contributed by atoms with Crippen LogP contribution < -0.4 is 0 Å². The van der Waals surface area contributed by atoms with E-state index < -0.39 is 11.4 Å². The number of rotatable bonds is 3. The summed E-state index contributed by atoms with van der Waals surface area (Å²) in [7, 11) is 0. The fourth-order valence-electron chi connectivity index (χ4n) is 2.80. The molecule has 1 aliphatic carbocycles. The number of carbonyl (C=O) groups is 3. The Morgan fingerprint density at radius 2 is 1.80 bits per heavy atom. The Morgan fingerprint density at radius 3 is 2.40 bits per heavy atom. The molecule has 4 nitrogen and oxygen atoms in total. The van der Waals surface area contributed by atoms with Crippen molar-refractivity contribution in [1.29, 1.82) is 0 Å². The summed E-state index contributed by atoms with van der Waals surface area (Å²) >= 11 is 0. The van der Waals surface area contributed by atoms with Crippen LogP contribution in [0.2, 0.25) is 0 Å². The predicted octanol–water partition coefficient (Wildman–Crippen LogP) is 1.96. The quantitative estimate of drug-likeness (QED) is 0.681. The van der Waals surface area contributed by atoms with Gasteiger partial charge in [0.2, 0.25) is 0 Å². The fraction of sp³-hybridized carbons (Fsp3) is 0.0625. The number of carbonyl (C=O) groups excluding carboxylic acids is 2. The Labute approximate surface area is 114 Å². The number of carboxylic acid groups (broad SMARTS) is 1. The van der Waals surface area contributed by atoms with E-state index in [-0.39, 0.29) is 5.57 Å². The van der Waals surface area contributed by atoms with Crippen molar-refractivity contribution in [1.82, 2.24) is 0 Å². The van der Waals surface area contributed by atoms with Gasteiger partial charge in [0.1, 0.15) is 12.6 Å². The second-order valence-electron chi connectivity index (χ2n) is 4.70. The number of aliphatic carboxylic acids is 1. The number of benzene rings is 2. The first kappa shape index (κ1) is 12.3. The topological polar surface area (TPSA) is 71.4 Å². The molecule has 4 heteroatoms. The molecule has 1 atom stereocenters.